The van der Waals surface area contributed by atoms with Crippen LogP contribution in [-0.2, 0) is 0 Å². The molecule has 10 heteroatoms. The first kappa shape index (κ1) is 16.2. The number of nitrogens with zero attached hydrogens (tertiary/aromatic N) is 3. The van der Waals surface area contributed by atoms with Crippen LogP contribution < -0.4 is 20.5 Å². The van der Waals surface area contributed by atoms with E-state index in [9.17, 15) is 4.79 Å². The van der Waals surface area contributed by atoms with Crippen LogP contribution in [0.15, 0.2) is 35.1 Å². The van der Waals surface area contributed by atoms with Crippen LogP contribution in [0.3, 0.4) is 0 Å². The van der Waals surface area contributed by atoms with Gasteiger partial charge in [0.1, 0.15) is 18.9 Å². The molecule has 3 heterocycles. The van der Waals surface area contributed by atoms with Crippen molar-refractivity contribution in [2.24, 2.45) is 0 Å². The summed E-state index contributed by atoms with van der Waals surface area (Å²) < 4.78 is 16.0. The Morgan fingerprint density at radius 3 is 2.88 bits per heavy atom. The number of anilines is 2. The van der Waals surface area contributed by atoms with Crippen LogP contribution in [-0.4, -0.2) is 34.2 Å². The lowest BCUT2D eigenvalue weighted by atomic mass is 10.1. The van der Waals surface area contributed by atoms with Gasteiger partial charge in [0.25, 0.3) is 5.91 Å². The molecular formula is C16H12ClN5O4. The van der Waals surface area contributed by atoms with Gasteiger partial charge in [-0.25, -0.2) is 9.97 Å². The number of halogens is 1. The van der Waals surface area contributed by atoms with Gasteiger partial charge in [-0.2, -0.15) is 0 Å². The van der Waals surface area contributed by atoms with Gasteiger partial charge in [-0.15, -0.1) is 0 Å². The van der Waals surface area contributed by atoms with Crippen molar-refractivity contribution < 1.29 is 18.8 Å². The molecule has 1 aromatic carbocycles. The zero-order valence-electron chi connectivity index (χ0n) is 13.2. The maximum Gasteiger partial charge on any atom is 0.295 e. The minimum atomic E-state index is -0.513. The average molecular weight is 374 g/mol. The van der Waals surface area contributed by atoms with Crippen molar-refractivity contribution in [1.82, 2.24) is 15.1 Å². The number of nitrogens with two attached hydrogens (primary N) is 1. The monoisotopic (exact) mass is 373 g/mol. The second kappa shape index (κ2) is 6.52. The highest BCUT2D eigenvalue weighted by molar-refractivity contribution is 6.31. The zero-order valence-corrected chi connectivity index (χ0v) is 14.0. The number of amides is 1. The Hall–Kier alpha value is -3.33. The van der Waals surface area contributed by atoms with E-state index in [1.807, 2.05) is 0 Å². The number of rotatable bonds is 3. The Bertz CT molecular complexity index is 977. The van der Waals surface area contributed by atoms with Gasteiger partial charge in [-0.3, -0.25) is 4.79 Å². The predicted octanol–water partition coefficient (Wildman–Crippen LogP) is 2.39. The second-order valence-electron chi connectivity index (χ2n) is 5.30. The number of carbonyl (C=O) groups excluding carboxylic acids is 1. The van der Waals surface area contributed by atoms with E-state index in [2.05, 4.69) is 20.4 Å². The Morgan fingerprint density at radius 1 is 1.27 bits per heavy atom. The fraction of sp³-hybridized carbons (Fsp3) is 0.125. The molecule has 0 saturated carbocycles. The molecule has 26 heavy (non-hydrogen) atoms. The lowest BCUT2D eigenvalue weighted by Crippen LogP contribution is -2.16. The van der Waals surface area contributed by atoms with E-state index in [1.54, 1.807) is 12.1 Å². The molecule has 1 aliphatic rings. The molecule has 0 saturated heterocycles. The lowest BCUT2D eigenvalue weighted by molar-refractivity contribution is 0.0987. The van der Waals surface area contributed by atoms with Crippen LogP contribution in [0.5, 0.6) is 11.5 Å². The summed E-state index contributed by atoms with van der Waals surface area (Å²) in [7, 11) is 0. The smallest absolute Gasteiger partial charge is 0.295 e. The quantitative estimate of drug-likeness (QED) is 0.716. The molecular weight excluding hydrogens is 362 g/mol. The summed E-state index contributed by atoms with van der Waals surface area (Å²) in [5.74, 6) is 0.812. The van der Waals surface area contributed by atoms with Crippen molar-refractivity contribution in [3.63, 3.8) is 0 Å². The molecule has 0 bridgehead atoms. The van der Waals surface area contributed by atoms with Crippen LogP contribution in [0.25, 0.3) is 11.3 Å². The number of ether oxygens (including phenoxy) is 2. The molecule has 0 fully saturated rings. The topological polar surface area (TPSA) is 125 Å². The van der Waals surface area contributed by atoms with Gasteiger partial charge in [0.2, 0.25) is 5.76 Å². The van der Waals surface area contributed by atoms with Crippen molar-refractivity contribution in [2.75, 3.05) is 24.3 Å². The normalized spacial score (nSPS) is 12.7. The van der Waals surface area contributed by atoms with Crippen molar-refractivity contribution in [3.8, 4) is 22.8 Å². The summed E-state index contributed by atoms with van der Waals surface area (Å²) >= 11 is 6.14. The van der Waals surface area contributed by atoms with Gasteiger partial charge < -0.3 is 25.0 Å². The summed E-state index contributed by atoms with van der Waals surface area (Å²) in [4.78, 5) is 20.4. The number of nitrogen functional groups attached to an aromatic ring is 1. The Kier molecular flexibility index (Phi) is 4.05. The lowest BCUT2D eigenvalue weighted by Gasteiger charge is -2.21. The summed E-state index contributed by atoms with van der Waals surface area (Å²) in [6.07, 6.45) is 2.74. The summed E-state index contributed by atoms with van der Waals surface area (Å²) in [6, 6.07) is 4.76. The van der Waals surface area contributed by atoms with Gasteiger partial charge in [-0.05, 0) is 6.07 Å². The highest BCUT2D eigenvalue weighted by atomic mass is 35.5. The van der Waals surface area contributed by atoms with E-state index in [-0.39, 0.29) is 17.4 Å². The van der Waals surface area contributed by atoms with Crippen LogP contribution in [0.2, 0.25) is 5.02 Å². The fourth-order valence-electron chi connectivity index (χ4n) is 2.48. The van der Waals surface area contributed by atoms with Crippen molar-refractivity contribution in [3.05, 3.63) is 41.4 Å². The number of aromatic nitrogens is 3. The number of benzene rings is 1. The molecule has 3 aromatic rings. The molecule has 1 amide bonds. The van der Waals surface area contributed by atoms with E-state index in [0.717, 1.165) is 0 Å². The molecule has 0 aliphatic carbocycles. The molecule has 0 spiro atoms. The maximum absolute atomic E-state index is 12.0. The third kappa shape index (κ3) is 3.00. The van der Waals surface area contributed by atoms with E-state index in [0.29, 0.717) is 41.0 Å². The minimum absolute atomic E-state index is 0.0453. The van der Waals surface area contributed by atoms with Crippen molar-refractivity contribution in [1.29, 1.82) is 0 Å². The minimum Gasteiger partial charge on any atom is -0.486 e. The summed E-state index contributed by atoms with van der Waals surface area (Å²) in [5.41, 5.74) is 6.96. The van der Waals surface area contributed by atoms with Crippen LogP contribution in [0.4, 0.5) is 11.6 Å². The van der Waals surface area contributed by atoms with Gasteiger partial charge in [0.15, 0.2) is 23.1 Å². The SMILES string of the molecule is Nc1nc(NC(=O)c2ccno2)cnc1-c1cc(Cl)cc2c1OCCO2. The van der Waals surface area contributed by atoms with Gasteiger partial charge in [-0.1, -0.05) is 16.8 Å². The molecule has 1 aliphatic heterocycles. The highest BCUT2D eigenvalue weighted by Gasteiger charge is 2.22. The average Bonchev–Trinajstić information content (AvgIpc) is 3.16. The molecule has 3 N–H and O–H groups in total. The molecule has 2 aromatic heterocycles. The number of fused-ring (bicyclic) bond motifs is 1. The Morgan fingerprint density at radius 2 is 2.12 bits per heavy atom. The van der Waals surface area contributed by atoms with Gasteiger partial charge in [0.05, 0.1) is 18.0 Å². The highest BCUT2D eigenvalue weighted by Crippen LogP contribution is 2.43. The number of nitrogens with one attached hydrogen (secondary N) is 1. The first-order valence-corrected chi connectivity index (χ1v) is 7.93. The molecule has 0 unspecified atom stereocenters. The Balaban J connectivity index is 1.67. The zero-order chi connectivity index (χ0) is 18.1. The molecule has 9 nitrogen and oxygen atoms in total. The maximum atomic E-state index is 12.0. The molecule has 0 atom stereocenters. The Labute approximate surface area is 152 Å². The summed E-state index contributed by atoms with van der Waals surface area (Å²) in [5, 5.41) is 6.45. The van der Waals surface area contributed by atoms with E-state index in [1.165, 1.54) is 18.5 Å². The number of hydrogen-bond donors (Lipinski definition) is 2. The third-order valence-corrected chi connectivity index (χ3v) is 3.78. The van der Waals surface area contributed by atoms with Crippen LogP contribution >= 0.6 is 11.6 Å². The first-order valence-electron chi connectivity index (χ1n) is 7.56. The molecule has 4 rings (SSSR count). The van der Waals surface area contributed by atoms with Crippen molar-refractivity contribution >= 4 is 29.1 Å². The standard InChI is InChI=1S/C16H12ClN5O4/c17-8-5-9(14-11(6-8)24-3-4-25-14)13-15(18)21-12(7-19-13)22-16(23)10-1-2-20-26-10/h1-2,5-7H,3-4H2,(H3,18,21,22,23). The van der Waals surface area contributed by atoms with Crippen LogP contribution in [0.1, 0.15) is 10.6 Å². The summed E-state index contributed by atoms with van der Waals surface area (Å²) in [6.45, 7) is 0.834. The second-order valence-corrected chi connectivity index (χ2v) is 5.73. The van der Waals surface area contributed by atoms with Gasteiger partial charge in [0, 0.05) is 17.2 Å². The van der Waals surface area contributed by atoms with Gasteiger partial charge >= 0.3 is 0 Å². The number of carbonyl (C=O) groups is 1. The predicted molar refractivity (Wildman–Crippen MR) is 92.3 cm³/mol. The molecule has 0 radical (unpaired) electrons. The van der Waals surface area contributed by atoms with Crippen LogP contribution in [0, 0.1) is 0 Å². The first-order chi connectivity index (χ1) is 12.6. The van der Waals surface area contributed by atoms with Crippen molar-refractivity contribution in [2.45, 2.75) is 0 Å². The molecule has 132 valence electrons. The fourth-order valence-corrected chi connectivity index (χ4v) is 2.69. The van der Waals surface area contributed by atoms with E-state index >= 15 is 0 Å². The van der Waals surface area contributed by atoms with E-state index in [4.69, 9.17) is 31.3 Å². The largest absolute Gasteiger partial charge is 0.486 e. The number of hydrogen-bond acceptors (Lipinski definition) is 8. The third-order valence-electron chi connectivity index (χ3n) is 3.56. The van der Waals surface area contributed by atoms with E-state index < -0.39 is 5.91 Å².